The fraction of sp³-hybridized carbons (Fsp3) is 0.500. The van der Waals surface area contributed by atoms with Crippen molar-refractivity contribution in [2.45, 2.75) is 38.6 Å². The van der Waals surface area contributed by atoms with Crippen LogP contribution in [0.25, 0.3) is 0 Å². The van der Waals surface area contributed by atoms with Crippen molar-refractivity contribution in [3.8, 4) is 0 Å². The van der Waals surface area contributed by atoms with Gasteiger partial charge in [-0.05, 0) is 43.2 Å². The van der Waals surface area contributed by atoms with E-state index < -0.39 is 0 Å². The second kappa shape index (κ2) is 6.43. The normalized spacial score (nSPS) is 18.9. The molecule has 2 aromatic heterocycles. The summed E-state index contributed by atoms with van der Waals surface area (Å²) in [6, 6.07) is 4.48. The van der Waals surface area contributed by atoms with Gasteiger partial charge in [0, 0.05) is 30.6 Å². The highest BCUT2D eigenvalue weighted by atomic mass is 32.1. The summed E-state index contributed by atoms with van der Waals surface area (Å²) in [7, 11) is 0. The monoisotopic (exact) mass is 303 g/mol. The highest BCUT2D eigenvalue weighted by Crippen LogP contribution is 2.22. The smallest absolute Gasteiger partial charge is 0.223 e. The Hall–Kier alpha value is -1.62. The largest absolute Gasteiger partial charge is 0.341 e. The van der Waals surface area contributed by atoms with E-state index in [2.05, 4.69) is 29.7 Å². The van der Waals surface area contributed by atoms with Crippen molar-refractivity contribution >= 4 is 17.2 Å². The van der Waals surface area contributed by atoms with Gasteiger partial charge >= 0.3 is 0 Å². The molecule has 21 heavy (non-hydrogen) atoms. The Morgan fingerprint density at radius 2 is 2.43 bits per heavy atom. The topological polar surface area (TPSA) is 38.1 Å². The number of thiophene rings is 1. The lowest BCUT2D eigenvalue weighted by Gasteiger charge is -2.33. The summed E-state index contributed by atoms with van der Waals surface area (Å²) in [6.45, 7) is 3.74. The number of nitrogens with zero attached hydrogens (tertiary/aromatic N) is 3. The molecule has 4 nitrogen and oxygen atoms in total. The Morgan fingerprint density at radius 3 is 3.14 bits per heavy atom. The van der Waals surface area contributed by atoms with Crippen molar-refractivity contribution in [2.75, 3.05) is 13.1 Å². The van der Waals surface area contributed by atoms with Crippen LogP contribution in [0, 0.1) is 6.92 Å². The number of hydrogen-bond acceptors (Lipinski definition) is 3. The molecule has 0 radical (unpaired) electrons. The maximum atomic E-state index is 12.4. The Balaban J connectivity index is 1.56. The third-order valence-corrected chi connectivity index (χ3v) is 4.96. The van der Waals surface area contributed by atoms with Crippen molar-refractivity contribution in [1.29, 1.82) is 0 Å². The predicted octanol–water partition coefficient (Wildman–Crippen LogP) is 3.05. The number of carbonyl (C=O) groups is 1. The quantitative estimate of drug-likeness (QED) is 0.870. The second-order valence-electron chi connectivity index (χ2n) is 5.71. The number of aryl methyl sites for hydroxylation is 2. The van der Waals surface area contributed by atoms with Crippen LogP contribution in [0.4, 0.5) is 0 Å². The van der Waals surface area contributed by atoms with Crippen LogP contribution < -0.4 is 0 Å². The van der Waals surface area contributed by atoms with E-state index in [1.807, 2.05) is 21.8 Å². The van der Waals surface area contributed by atoms with Crippen molar-refractivity contribution < 1.29 is 4.79 Å². The average molecular weight is 303 g/mol. The third kappa shape index (κ3) is 3.53. The molecule has 0 aliphatic carbocycles. The molecule has 1 aliphatic rings. The Bertz CT molecular complexity index is 590. The van der Waals surface area contributed by atoms with Crippen LogP contribution in [0.1, 0.15) is 35.7 Å². The number of hydrogen-bond donors (Lipinski definition) is 0. The molecule has 1 amide bonds. The standard InChI is InChI=1S/C16H21N3OS/c1-13-10-17-19(11-13)14-4-2-8-18(12-14)16(20)7-6-15-5-3-9-21-15/h3,5,9-11,14H,2,4,6-8,12H2,1H3. The predicted molar refractivity (Wildman–Crippen MR) is 84.5 cm³/mol. The van der Waals surface area contributed by atoms with Crippen LogP contribution >= 0.6 is 11.3 Å². The summed E-state index contributed by atoms with van der Waals surface area (Å²) in [5.41, 5.74) is 1.18. The van der Waals surface area contributed by atoms with E-state index >= 15 is 0 Å². The van der Waals surface area contributed by atoms with E-state index in [0.717, 1.165) is 32.4 Å². The highest BCUT2D eigenvalue weighted by molar-refractivity contribution is 7.09. The Kier molecular flexibility index (Phi) is 4.39. The zero-order valence-corrected chi connectivity index (χ0v) is 13.2. The first kappa shape index (κ1) is 14.3. The molecule has 3 heterocycles. The van der Waals surface area contributed by atoms with Crippen LogP contribution in [0.15, 0.2) is 29.9 Å². The lowest BCUT2D eigenvalue weighted by Crippen LogP contribution is -2.40. The van der Waals surface area contributed by atoms with Crippen molar-refractivity contribution in [2.24, 2.45) is 0 Å². The third-order valence-electron chi connectivity index (χ3n) is 4.02. The molecule has 5 heteroatoms. The summed E-state index contributed by atoms with van der Waals surface area (Å²) in [6.07, 6.45) is 7.61. The highest BCUT2D eigenvalue weighted by Gasteiger charge is 2.24. The molecule has 2 aromatic rings. The number of amides is 1. The number of carbonyl (C=O) groups excluding carboxylic acids is 1. The molecule has 3 rings (SSSR count). The van der Waals surface area contributed by atoms with E-state index in [-0.39, 0.29) is 5.91 Å². The van der Waals surface area contributed by atoms with Crippen LogP contribution in [0.2, 0.25) is 0 Å². The van der Waals surface area contributed by atoms with Crippen LogP contribution in [0.5, 0.6) is 0 Å². The minimum absolute atomic E-state index is 0.275. The fourth-order valence-corrected chi connectivity index (χ4v) is 3.58. The summed E-state index contributed by atoms with van der Waals surface area (Å²) in [5, 5.41) is 6.47. The van der Waals surface area contributed by atoms with Gasteiger partial charge in [0.25, 0.3) is 0 Å². The van der Waals surface area contributed by atoms with Gasteiger partial charge in [0.15, 0.2) is 0 Å². The van der Waals surface area contributed by atoms with Gasteiger partial charge in [-0.25, -0.2) is 0 Å². The van der Waals surface area contributed by atoms with E-state index in [0.29, 0.717) is 12.5 Å². The number of aromatic nitrogens is 2. The van der Waals surface area contributed by atoms with Crippen LogP contribution in [0.3, 0.4) is 0 Å². The molecule has 1 fully saturated rings. The van der Waals surface area contributed by atoms with Crippen molar-refractivity contribution in [3.05, 3.63) is 40.3 Å². The number of piperidine rings is 1. The van der Waals surface area contributed by atoms with Gasteiger partial charge in [0.05, 0.1) is 12.2 Å². The van der Waals surface area contributed by atoms with Crippen molar-refractivity contribution in [1.82, 2.24) is 14.7 Å². The molecule has 1 saturated heterocycles. The molecule has 1 unspecified atom stereocenters. The Labute approximate surface area is 129 Å². The SMILES string of the molecule is Cc1cnn(C2CCCN(C(=O)CCc3cccs3)C2)c1. The first-order valence-electron chi connectivity index (χ1n) is 7.53. The number of likely N-dealkylation sites (tertiary alicyclic amines) is 1. The molecular weight excluding hydrogens is 282 g/mol. The molecule has 0 aromatic carbocycles. The molecule has 1 atom stereocenters. The zero-order chi connectivity index (χ0) is 14.7. The summed E-state index contributed by atoms with van der Waals surface area (Å²) in [4.78, 5) is 15.7. The van der Waals surface area contributed by atoms with Gasteiger partial charge < -0.3 is 4.90 Å². The molecule has 0 N–H and O–H groups in total. The minimum Gasteiger partial charge on any atom is -0.341 e. The second-order valence-corrected chi connectivity index (χ2v) is 6.75. The summed E-state index contributed by atoms with van der Waals surface area (Å²) < 4.78 is 2.02. The molecular formula is C16H21N3OS. The van der Waals surface area contributed by atoms with Gasteiger partial charge in [-0.3, -0.25) is 9.48 Å². The average Bonchev–Trinajstić information content (AvgIpc) is 3.16. The fourth-order valence-electron chi connectivity index (χ4n) is 2.87. The van der Waals surface area contributed by atoms with Crippen molar-refractivity contribution in [3.63, 3.8) is 0 Å². The summed E-state index contributed by atoms with van der Waals surface area (Å²) in [5.74, 6) is 0.275. The van der Waals surface area contributed by atoms with E-state index in [1.54, 1.807) is 11.3 Å². The Morgan fingerprint density at radius 1 is 1.52 bits per heavy atom. The van der Waals surface area contributed by atoms with Gasteiger partial charge in [0.1, 0.15) is 0 Å². The van der Waals surface area contributed by atoms with E-state index in [9.17, 15) is 4.79 Å². The maximum absolute atomic E-state index is 12.4. The molecule has 0 saturated carbocycles. The first-order chi connectivity index (χ1) is 10.2. The van der Waals surface area contributed by atoms with Gasteiger partial charge in [0.2, 0.25) is 5.91 Å². The molecule has 0 spiro atoms. The minimum atomic E-state index is 0.275. The van der Waals surface area contributed by atoms with Gasteiger partial charge in [-0.1, -0.05) is 6.07 Å². The lowest BCUT2D eigenvalue weighted by molar-refractivity contribution is -0.132. The summed E-state index contributed by atoms with van der Waals surface area (Å²) >= 11 is 1.73. The van der Waals surface area contributed by atoms with E-state index in [1.165, 1.54) is 10.4 Å². The van der Waals surface area contributed by atoms with Gasteiger partial charge in [-0.15, -0.1) is 11.3 Å². The zero-order valence-electron chi connectivity index (χ0n) is 12.4. The molecule has 0 bridgehead atoms. The molecule has 112 valence electrons. The lowest BCUT2D eigenvalue weighted by atomic mass is 10.1. The maximum Gasteiger partial charge on any atom is 0.223 e. The van der Waals surface area contributed by atoms with E-state index in [4.69, 9.17) is 0 Å². The molecule has 1 aliphatic heterocycles. The van der Waals surface area contributed by atoms with Crippen LogP contribution in [-0.2, 0) is 11.2 Å². The first-order valence-corrected chi connectivity index (χ1v) is 8.41. The van der Waals surface area contributed by atoms with Crippen LogP contribution in [-0.4, -0.2) is 33.7 Å². The number of rotatable bonds is 4. The van der Waals surface area contributed by atoms with Gasteiger partial charge in [-0.2, -0.15) is 5.10 Å².